The molecule has 11 nitrogen and oxygen atoms in total. The second-order valence-electron chi connectivity index (χ2n) is 30.8. The molecule has 414 valence electrons. The van der Waals surface area contributed by atoms with Gasteiger partial charge in [-0.2, -0.15) is 0 Å². The van der Waals surface area contributed by atoms with Gasteiger partial charge in [-0.05, 0) is 278 Å². The minimum Gasteiger partial charge on any atom is -0.465 e. The van der Waals surface area contributed by atoms with Gasteiger partial charge in [0.2, 0.25) is 0 Å². The Morgan fingerprint density at radius 1 is 0.507 bits per heavy atom. The summed E-state index contributed by atoms with van der Waals surface area (Å²) in [7, 11) is 0. The fraction of sp³-hybridized carbons (Fsp3) is 0.919. The van der Waals surface area contributed by atoms with E-state index in [1.807, 2.05) is 83.1 Å². The van der Waals surface area contributed by atoms with Crippen molar-refractivity contribution in [2.45, 2.75) is 272 Å². The molecule has 0 aromatic rings. The molecule has 0 radical (unpaired) electrons. The van der Waals surface area contributed by atoms with Crippen molar-refractivity contribution in [2.75, 3.05) is 6.61 Å². The summed E-state index contributed by atoms with van der Waals surface area (Å²) in [5, 5.41) is 10.6. The SMILES string of the molecule is CC(C)(C)C(=O)OC1(C2CCOC2=O)CCCCC1.CC(C)(C)C(=O)OC12CC3CC(CC(C3)C1)C2.CC(C)(C)C(=O)OC12CC3CC(CC(O)(C3)C1)C2.CCC1(OC(=O)C(C)(C)C)C2CC3CC(C2)CC1C3. The number of esters is 5. The van der Waals surface area contributed by atoms with Gasteiger partial charge in [-0.1, -0.05) is 13.3 Å². The molecule has 14 aliphatic rings. The van der Waals surface area contributed by atoms with Gasteiger partial charge in [0.05, 0.1) is 39.8 Å². The zero-order valence-corrected chi connectivity index (χ0v) is 48.0. The number of hydrogen-bond acceptors (Lipinski definition) is 11. The predicted octanol–water partition coefficient (Wildman–Crippen LogP) is 13.2. The molecule has 13 aliphatic carbocycles. The Balaban J connectivity index is 0.000000130. The lowest BCUT2D eigenvalue weighted by Crippen LogP contribution is -2.60. The number of carbonyl (C=O) groups is 5. The molecule has 3 atom stereocenters. The molecule has 0 amide bonds. The summed E-state index contributed by atoms with van der Waals surface area (Å²) in [6, 6.07) is 0. The number of cyclic esters (lactones) is 1. The molecular weight excluding hydrogens is 921 g/mol. The van der Waals surface area contributed by atoms with Gasteiger partial charge in [-0.25, -0.2) is 0 Å². The molecule has 1 saturated heterocycles. The van der Waals surface area contributed by atoms with Crippen LogP contribution in [0.3, 0.4) is 0 Å². The summed E-state index contributed by atoms with van der Waals surface area (Å²) in [6.07, 6.45) is 26.3. The molecule has 0 spiro atoms. The van der Waals surface area contributed by atoms with Crippen LogP contribution in [0.1, 0.15) is 244 Å². The predicted molar refractivity (Wildman–Crippen MR) is 280 cm³/mol. The second kappa shape index (κ2) is 20.3. The Kier molecular flexibility index (Phi) is 15.7. The highest BCUT2D eigenvalue weighted by molar-refractivity contribution is 5.79. The summed E-state index contributed by atoms with van der Waals surface area (Å²) in [5.74, 6) is 5.99. The summed E-state index contributed by atoms with van der Waals surface area (Å²) in [4.78, 5) is 60.8. The molecule has 11 heteroatoms. The molecule has 1 aliphatic heterocycles. The van der Waals surface area contributed by atoms with E-state index in [9.17, 15) is 29.1 Å². The first-order chi connectivity index (χ1) is 33.8. The van der Waals surface area contributed by atoms with Crippen molar-refractivity contribution in [3.63, 3.8) is 0 Å². The van der Waals surface area contributed by atoms with Gasteiger partial charge in [0, 0.05) is 6.42 Å². The number of ether oxygens (including phenoxy) is 5. The van der Waals surface area contributed by atoms with Crippen LogP contribution in [-0.4, -0.2) is 69.6 Å². The molecule has 0 aromatic heterocycles. The number of aliphatic hydroxyl groups is 1. The minimum atomic E-state index is -0.615. The first-order valence-electron chi connectivity index (χ1n) is 29.6. The Morgan fingerprint density at radius 2 is 0.890 bits per heavy atom. The Labute approximate surface area is 440 Å². The molecule has 1 heterocycles. The third-order valence-electron chi connectivity index (χ3n) is 19.9. The van der Waals surface area contributed by atoms with Gasteiger partial charge in [-0.3, -0.25) is 24.0 Å². The van der Waals surface area contributed by atoms with Crippen molar-refractivity contribution in [1.82, 2.24) is 0 Å². The van der Waals surface area contributed by atoms with E-state index in [0.29, 0.717) is 43.1 Å². The molecule has 1 N–H and O–H groups in total. The van der Waals surface area contributed by atoms with E-state index >= 15 is 0 Å². The molecule has 12 bridgehead atoms. The Hall–Kier alpha value is -2.69. The first kappa shape index (κ1) is 56.5. The van der Waals surface area contributed by atoms with Gasteiger partial charge in [0.25, 0.3) is 0 Å². The largest absolute Gasteiger partial charge is 0.465 e. The topological polar surface area (TPSA) is 152 Å². The lowest BCUT2D eigenvalue weighted by molar-refractivity contribution is -0.225. The van der Waals surface area contributed by atoms with E-state index in [1.165, 1.54) is 57.8 Å². The number of rotatable bonds is 6. The van der Waals surface area contributed by atoms with E-state index in [1.54, 1.807) is 0 Å². The highest BCUT2D eigenvalue weighted by atomic mass is 16.6. The second-order valence-corrected chi connectivity index (χ2v) is 30.8. The quantitative estimate of drug-likeness (QED) is 0.200. The third-order valence-corrected chi connectivity index (χ3v) is 19.9. The molecule has 14 rings (SSSR count). The fourth-order valence-electron chi connectivity index (χ4n) is 17.2. The highest BCUT2D eigenvalue weighted by Crippen LogP contribution is 2.62. The first-order valence-corrected chi connectivity index (χ1v) is 29.6. The van der Waals surface area contributed by atoms with E-state index in [-0.39, 0.29) is 63.4 Å². The number of hydrogen-bond donors (Lipinski definition) is 1. The zero-order chi connectivity index (χ0) is 53.4. The standard InChI is InChI=1S/C17H28O2.C15H24O4.C15H24O3.C15H24O2/c1-5-17(19-15(18)16(2,3)4)13-7-11-6-12(9-13)10-14(17)8-11;1-14(2,3)13(17)19-15(8-5-4-6-9-15)11-7-10-18-12(11)16;1-13(2,3)12(16)18-15-7-10-4-11(8-15)6-14(17,5-10)9-15;1-14(2,3)13(16)17-15-7-10-4-11(8-15)6-12(5-10)9-15/h11-14H,5-10H2,1-4H3;11H,4-10H2,1-3H3;10-11,17H,4-9H2,1-3H3;10-12H,4-9H2,1-3H3. The van der Waals surface area contributed by atoms with Crippen LogP contribution in [0.15, 0.2) is 0 Å². The lowest BCUT2D eigenvalue weighted by atomic mass is 9.49. The van der Waals surface area contributed by atoms with Gasteiger partial charge in [0.1, 0.15) is 22.4 Å². The van der Waals surface area contributed by atoms with Crippen LogP contribution in [0.25, 0.3) is 0 Å². The molecule has 14 fully saturated rings. The maximum Gasteiger partial charge on any atom is 0.313 e. The normalized spacial score (nSPS) is 40.2. The van der Waals surface area contributed by atoms with Crippen molar-refractivity contribution in [3.8, 4) is 0 Å². The highest BCUT2D eigenvalue weighted by Gasteiger charge is 2.61. The van der Waals surface area contributed by atoms with Gasteiger partial charge in [0.15, 0.2) is 0 Å². The van der Waals surface area contributed by atoms with E-state index in [2.05, 4.69) is 6.92 Å². The van der Waals surface area contributed by atoms with Crippen LogP contribution >= 0.6 is 0 Å². The zero-order valence-electron chi connectivity index (χ0n) is 48.0. The minimum absolute atomic E-state index is 0.000509. The monoisotopic (exact) mass is 1020 g/mol. The van der Waals surface area contributed by atoms with Gasteiger partial charge >= 0.3 is 29.8 Å². The summed E-state index contributed by atoms with van der Waals surface area (Å²) in [5.41, 5.74) is -3.45. The van der Waals surface area contributed by atoms with E-state index in [4.69, 9.17) is 23.7 Å². The summed E-state index contributed by atoms with van der Waals surface area (Å²) in [6.45, 7) is 25.7. The van der Waals surface area contributed by atoms with Crippen LogP contribution in [0, 0.1) is 80.8 Å². The van der Waals surface area contributed by atoms with Crippen molar-refractivity contribution >= 4 is 29.8 Å². The summed E-state index contributed by atoms with van der Waals surface area (Å²) < 4.78 is 29.0. The van der Waals surface area contributed by atoms with Crippen LogP contribution in [-0.2, 0) is 47.7 Å². The number of carbonyl (C=O) groups excluding carboxylic acids is 5. The Morgan fingerprint density at radius 3 is 1.29 bits per heavy atom. The van der Waals surface area contributed by atoms with Crippen LogP contribution < -0.4 is 0 Å². The molecule has 73 heavy (non-hydrogen) atoms. The van der Waals surface area contributed by atoms with Crippen molar-refractivity contribution in [3.05, 3.63) is 0 Å². The summed E-state index contributed by atoms with van der Waals surface area (Å²) >= 11 is 0. The van der Waals surface area contributed by atoms with Crippen molar-refractivity contribution in [1.29, 1.82) is 0 Å². The smallest absolute Gasteiger partial charge is 0.313 e. The maximum atomic E-state index is 12.4. The average molecular weight is 1020 g/mol. The third kappa shape index (κ3) is 12.4. The van der Waals surface area contributed by atoms with Crippen LogP contribution in [0.4, 0.5) is 0 Å². The average Bonchev–Trinajstić information content (AvgIpc) is 3.69. The molecule has 13 saturated carbocycles. The van der Waals surface area contributed by atoms with Gasteiger partial charge < -0.3 is 28.8 Å². The van der Waals surface area contributed by atoms with Gasteiger partial charge in [-0.15, -0.1) is 0 Å². The Bertz CT molecular complexity index is 1950. The van der Waals surface area contributed by atoms with E-state index < -0.39 is 22.0 Å². The maximum absolute atomic E-state index is 12.4. The van der Waals surface area contributed by atoms with Crippen molar-refractivity contribution in [2.24, 2.45) is 80.8 Å². The lowest BCUT2D eigenvalue weighted by Gasteiger charge is -2.60. The van der Waals surface area contributed by atoms with Crippen LogP contribution in [0.2, 0.25) is 0 Å². The molecule has 0 aromatic carbocycles. The fourth-order valence-corrected chi connectivity index (χ4v) is 17.2. The van der Waals surface area contributed by atoms with Crippen LogP contribution in [0.5, 0.6) is 0 Å². The van der Waals surface area contributed by atoms with E-state index in [0.717, 1.165) is 113 Å². The molecular formula is C62H100O11. The van der Waals surface area contributed by atoms with Crippen molar-refractivity contribution < 1.29 is 52.8 Å². The molecule has 3 unspecified atom stereocenters.